The van der Waals surface area contributed by atoms with Gasteiger partial charge in [-0.25, -0.2) is 4.98 Å². The lowest BCUT2D eigenvalue weighted by atomic mass is 10.1. The van der Waals surface area contributed by atoms with Crippen LogP contribution in [0.5, 0.6) is 0 Å². The highest BCUT2D eigenvalue weighted by molar-refractivity contribution is 7.90. The minimum atomic E-state index is -4.11. The highest BCUT2D eigenvalue weighted by Crippen LogP contribution is 2.23. The molecule has 0 bridgehead atoms. The van der Waals surface area contributed by atoms with E-state index in [1.807, 2.05) is 4.90 Å². The van der Waals surface area contributed by atoms with E-state index in [1.54, 1.807) is 12.1 Å². The third-order valence-electron chi connectivity index (χ3n) is 3.76. The molecule has 0 aliphatic heterocycles. The van der Waals surface area contributed by atoms with Gasteiger partial charge < -0.3 is 4.90 Å². The van der Waals surface area contributed by atoms with Gasteiger partial charge in [-0.3, -0.25) is 0 Å². The Morgan fingerprint density at radius 3 is 2.33 bits per heavy atom. The average Bonchev–Trinajstić information content (AvgIpc) is 2.92. The van der Waals surface area contributed by atoms with Crippen LogP contribution in [0.15, 0.2) is 21.6 Å². The van der Waals surface area contributed by atoms with E-state index in [4.69, 9.17) is 11.6 Å². The van der Waals surface area contributed by atoms with Crippen LogP contribution in [0.3, 0.4) is 0 Å². The van der Waals surface area contributed by atoms with Crippen molar-refractivity contribution in [3.05, 3.63) is 23.0 Å². The first-order chi connectivity index (χ1) is 13.8. The zero-order chi connectivity index (χ0) is 22.7. The zero-order valence-corrected chi connectivity index (χ0v) is 21.2. The van der Waals surface area contributed by atoms with Crippen molar-refractivity contribution in [1.82, 2.24) is 19.5 Å². The first-order valence-electron chi connectivity index (χ1n) is 9.91. The summed E-state index contributed by atoms with van der Waals surface area (Å²) in [5.74, 6) is 3.76. The average molecular weight is 468 g/mol. The summed E-state index contributed by atoms with van der Waals surface area (Å²) in [4.78, 5) is 6.02. The van der Waals surface area contributed by atoms with Crippen molar-refractivity contribution >= 4 is 41.7 Å². The number of hydrogen-bond acceptors (Lipinski definition) is 4. The Hall–Kier alpha value is -1.89. The Kier molecular flexibility index (Phi) is 7.72. The SMILES string of the molecule is CC(C)CN(/C=N\S(=O)(=O)c1c(Cl)nc2ccc(C#C[Si](C)(C)C)nn12)CC(C)C. The second-order valence-electron chi connectivity index (χ2n) is 9.13. The largest absolute Gasteiger partial charge is 0.361 e. The van der Waals surface area contributed by atoms with E-state index >= 15 is 0 Å². The van der Waals surface area contributed by atoms with Gasteiger partial charge in [0.25, 0.3) is 0 Å². The van der Waals surface area contributed by atoms with Gasteiger partial charge in [0.05, 0.1) is 0 Å². The summed E-state index contributed by atoms with van der Waals surface area (Å²) >= 11 is 6.17. The number of sulfonamides is 1. The van der Waals surface area contributed by atoms with Crippen LogP contribution in [0, 0.1) is 23.3 Å². The van der Waals surface area contributed by atoms with E-state index in [0.717, 1.165) is 0 Å². The van der Waals surface area contributed by atoms with Crippen LogP contribution in [0.4, 0.5) is 0 Å². The van der Waals surface area contributed by atoms with Crippen molar-refractivity contribution in [2.75, 3.05) is 13.1 Å². The van der Waals surface area contributed by atoms with Crippen molar-refractivity contribution in [3.63, 3.8) is 0 Å². The lowest BCUT2D eigenvalue weighted by Crippen LogP contribution is -2.30. The molecule has 0 saturated carbocycles. The number of nitrogens with zero attached hydrogens (tertiary/aromatic N) is 5. The maximum absolute atomic E-state index is 13.0. The summed E-state index contributed by atoms with van der Waals surface area (Å²) in [6.45, 7) is 16.1. The standard InChI is InChI=1S/C20H30ClN5O2SSi/c1-15(2)12-25(13-16(3)4)14-22-29(27,28)20-19(21)23-18-9-8-17(24-26(18)20)10-11-30(5,6)7/h8-9,14-16H,12-13H2,1-7H3/b22-14-. The van der Waals surface area contributed by atoms with Crippen LogP contribution in [0.1, 0.15) is 33.4 Å². The van der Waals surface area contributed by atoms with Gasteiger partial charge >= 0.3 is 10.0 Å². The Labute approximate surface area is 185 Å². The van der Waals surface area contributed by atoms with Gasteiger partial charge in [0.15, 0.2) is 10.8 Å². The van der Waals surface area contributed by atoms with E-state index in [1.165, 1.54) is 10.9 Å². The van der Waals surface area contributed by atoms with E-state index in [9.17, 15) is 8.42 Å². The highest BCUT2D eigenvalue weighted by atomic mass is 35.5. The molecule has 0 aromatic carbocycles. The molecule has 0 aliphatic carbocycles. The molecule has 0 saturated heterocycles. The number of rotatable bonds is 7. The van der Waals surface area contributed by atoms with Gasteiger partial charge in [-0.1, -0.05) is 64.9 Å². The predicted octanol–water partition coefficient (Wildman–Crippen LogP) is 3.94. The first kappa shape index (κ1) is 24.4. The first-order valence-corrected chi connectivity index (χ1v) is 15.2. The Balaban J connectivity index is 2.48. The van der Waals surface area contributed by atoms with Crippen LogP contribution in [-0.2, 0) is 10.0 Å². The summed E-state index contributed by atoms with van der Waals surface area (Å²) in [7, 11) is -5.71. The van der Waals surface area contributed by atoms with Crippen LogP contribution in [-0.4, -0.2) is 55.4 Å². The molecule has 0 aliphatic rings. The second-order valence-corrected chi connectivity index (χ2v) is 15.8. The maximum Gasteiger partial charge on any atom is 0.304 e. The van der Waals surface area contributed by atoms with Gasteiger partial charge in [-0.15, -0.1) is 9.94 Å². The lowest BCUT2D eigenvalue weighted by molar-refractivity contribution is 0.336. The molecule has 30 heavy (non-hydrogen) atoms. The van der Waals surface area contributed by atoms with Gasteiger partial charge in [0, 0.05) is 13.1 Å². The fourth-order valence-electron chi connectivity index (χ4n) is 2.71. The number of imidazole rings is 1. The number of hydrogen-bond donors (Lipinski definition) is 0. The van der Waals surface area contributed by atoms with E-state index in [0.29, 0.717) is 36.3 Å². The molecule has 0 fully saturated rings. The molecule has 2 rings (SSSR count). The summed E-state index contributed by atoms with van der Waals surface area (Å²) in [6.07, 6.45) is 1.37. The van der Waals surface area contributed by atoms with Crippen LogP contribution in [0.25, 0.3) is 5.65 Å². The van der Waals surface area contributed by atoms with Gasteiger partial charge in [-0.05, 0) is 24.0 Å². The van der Waals surface area contributed by atoms with Gasteiger partial charge in [-0.2, -0.15) is 18.0 Å². The Morgan fingerprint density at radius 1 is 1.20 bits per heavy atom. The monoisotopic (exact) mass is 467 g/mol. The van der Waals surface area contributed by atoms with Crippen molar-refractivity contribution in [2.24, 2.45) is 16.2 Å². The summed E-state index contributed by atoms with van der Waals surface area (Å²) in [6, 6.07) is 3.36. The molecule has 0 amide bonds. The quantitative estimate of drug-likeness (QED) is 0.266. The maximum atomic E-state index is 13.0. The molecule has 2 aromatic heterocycles. The van der Waals surface area contributed by atoms with Crippen molar-refractivity contribution < 1.29 is 8.42 Å². The number of halogens is 1. The zero-order valence-electron chi connectivity index (χ0n) is 18.6. The minimum Gasteiger partial charge on any atom is -0.361 e. The molecule has 10 heteroatoms. The number of aromatic nitrogens is 3. The van der Waals surface area contributed by atoms with Crippen molar-refractivity contribution in [2.45, 2.75) is 52.4 Å². The second kappa shape index (κ2) is 9.50. The van der Waals surface area contributed by atoms with Crippen LogP contribution in [0.2, 0.25) is 24.8 Å². The fraction of sp³-hybridized carbons (Fsp3) is 0.550. The molecule has 0 radical (unpaired) electrons. The topological polar surface area (TPSA) is 79.9 Å². The fourth-order valence-corrected chi connectivity index (χ4v) is 4.64. The molecular weight excluding hydrogens is 438 g/mol. The normalized spacial score (nSPS) is 12.7. The van der Waals surface area contributed by atoms with Crippen molar-refractivity contribution in [3.8, 4) is 11.5 Å². The third kappa shape index (κ3) is 6.82. The molecule has 0 unspecified atom stereocenters. The summed E-state index contributed by atoms with van der Waals surface area (Å²) in [5.41, 5.74) is 4.00. The summed E-state index contributed by atoms with van der Waals surface area (Å²) < 4.78 is 31.1. The van der Waals surface area contributed by atoms with Gasteiger partial charge in [0.1, 0.15) is 20.1 Å². The molecule has 7 nitrogen and oxygen atoms in total. The third-order valence-corrected chi connectivity index (χ3v) is 6.23. The molecule has 0 N–H and O–H groups in total. The molecular formula is C20H30ClN5O2SSi. The van der Waals surface area contributed by atoms with E-state index in [2.05, 4.69) is 73.3 Å². The molecule has 0 spiro atoms. The van der Waals surface area contributed by atoms with Crippen molar-refractivity contribution in [1.29, 1.82) is 0 Å². The Bertz CT molecular complexity index is 1080. The smallest absolute Gasteiger partial charge is 0.304 e. The van der Waals surface area contributed by atoms with Crippen LogP contribution >= 0.6 is 11.6 Å². The van der Waals surface area contributed by atoms with E-state index < -0.39 is 18.1 Å². The Morgan fingerprint density at radius 2 is 1.80 bits per heavy atom. The predicted molar refractivity (Wildman–Crippen MR) is 125 cm³/mol. The lowest BCUT2D eigenvalue weighted by Gasteiger charge is -2.23. The molecule has 2 heterocycles. The molecule has 0 atom stereocenters. The molecule has 164 valence electrons. The number of fused-ring (bicyclic) bond motifs is 1. The van der Waals surface area contributed by atoms with Crippen LogP contribution < -0.4 is 0 Å². The molecule has 2 aromatic rings. The summed E-state index contributed by atoms with van der Waals surface area (Å²) in [5, 5.41) is 3.93. The van der Waals surface area contributed by atoms with Gasteiger partial charge in [0.2, 0.25) is 5.03 Å². The highest BCUT2D eigenvalue weighted by Gasteiger charge is 2.25. The van der Waals surface area contributed by atoms with E-state index in [-0.39, 0.29) is 10.2 Å². The minimum absolute atomic E-state index is 0.158.